The van der Waals surface area contributed by atoms with Gasteiger partial charge < -0.3 is 14.8 Å². The summed E-state index contributed by atoms with van der Waals surface area (Å²) in [4.78, 5) is 25.3. The molecular weight excluding hydrogens is 426 g/mol. The normalized spacial score (nSPS) is 12.6. The van der Waals surface area contributed by atoms with Crippen LogP contribution in [-0.4, -0.2) is 31.3 Å². The fraction of sp³-hybridized carbons (Fsp3) is 0.172. The van der Waals surface area contributed by atoms with E-state index in [1.165, 1.54) is 6.08 Å². The topological polar surface area (TPSA) is 64.6 Å². The number of alkyl carbamates (subject to hydrolysis) is 1. The van der Waals surface area contributed by atoms with Gasteiger partial charge in [0, 0.05) is 17.9 Å². The number of nitrogens with one attached hydrogen (secondary N) is 1. The first-order chi connectivity index (χ1) is 16.6. The first-order valence-electron chi connectivity index (χ1n) is 11.0. The summed E-state index contributed by atoms with van der Waals surface area (Å²) < 4.78 is 10.8. The molecule has 0 unspecified atom stereocenters. The minimum absolute atomic E-state index is 0.0533. The van der Waals surface area contributed by atoms with E-state index in [4.69, 9.17) is 15.9 Å². The molecule has 170 valence electrons. The van der Waals surface area contributed by atoms with Crippen LogP contribution >= 0.6 is 0 Å². The summed E-state index contributed by atoms with van der Waals surface area (Å²) in [5.41, 5.74) is 6.10. The van der Waals surface area contributed by atoms with Gasteiger partial charge in [-0.3, -0.25) is 0 Å². The number of carbonyl (C=O) groups is 2. The molecule has 0 bridgehead atoms. The Morgan fingerprint density at radius 1 is 0.971 bits per heavy atom. The third-order valence-electron chi connectivity index (χ3n) is 5.82. The largest absolute Gasteiger partial charge is 0.460 e. The molecule has 0 saturated heterocycles. The molecule has 0 fully saturated rings. The maximum absolute atomic E-state index is 12.7. The SMILES string of the molecule is C#Cc1ccc(C[C@H](NC(=O)OCC2c3ccccc3-c3ccccc32)C(=O)OCC=C)cc1. The van der Waals surface area contributed by atoms with Gasteiger partial charge in [0.15, 0.2) is 0 Å². The Bertz CT molecular complexity index is 1190. The maximum Gasteiger partial charge on any atom is 0.407 e. The Morgan fingerprint density at radius 2 is 1.59 bits per heavy atom. The molecule has 0 aromatic heterocycles. The molecule has 0 radical (unpaired) electrons. The fourth-order valence-corrected chi connectivity index (χ4v) is 4.19. The van der Waals surface area contributed by atoms with E-state index in [9.17, 15) is 9.59 Å². The number of hydrogen-bond donors (Lipinski definition) is 1. The van der Waals surface area contributed by atoms with Crippen LogP contribution in [0.15, 0.2) is 85.5 Å². The summed E-state index contributed by atoms with van der Waals surface area (Å²) in [5.74, 6) is 1.93. The highest BCUT2D eigenvalue weighted by atomic mass is 16.6. The number of carbonyl (C=O) groups excluding carboxylic acids is 2. The van der Waals surface area contributed by atoms with Gasteiger partial charge in [-0.1, -0.05) is 79.2 Å². The number of terminal acetylenes is 1. The molecule has 3 aromatic carbocycles. The molecule has 1 N–H and O–H groups in total. The van der Waals surface area contributed by atoms with E-state index in [2.05, 4.69) is 42.1 Å². The van der Waals surface area contributed by atoms with E-state index in [-0.39, 0.29) is 25.6 Å². The molecule has 1 atom stereocenters. The minimum atomic E-state index is -0.910. The molecule has 0 spiro atoms. The lowest BCUT2D eigenvalue weighted by Gasteiger charge is -2.19. The van der Waals surface area contributed by atoms with Crippen molar-refractivity contribution >= 4 is 12.1 Å². The molecule has 1 aliphatic carbocycles. The minimum Gasteiger partial charge on any atom is -0.460 e. The lowest BCUT2D eigenvalue weighted by atomic mass is 9.98. The summed E-state index contributed by atoms with van der Waals surface area (Å²) in [7, 11) is 0. The Balaban J connectivity index is 1.45. The summed E-state index contributed by atoms with van der Waals surface area (Å²) >= 11 is 0. The van der Waals surface area contributed by atoms with Crippen LogP contribution in [-0.2, 0) is 20.7 Å². The third-order valence-corrected chi connectivity index (χ3v) is 5.82. The number of ether oxygens (including phenoxy) is 2. The highest BCUT2D eigenvalue weighted by molar-refractivity contribution is 5.82. The zero-order valence-corrected chi connectivity index (χ0v) is 18.7. The second-order valence-electron chi connectivity index (χ2n) is 7.99. The summed E-state index contributed by atoms with van der Waals surface area (Å²) in [6, 6.07) is 22.5. The molecule has 0 aliphatic heterocycles. The first-order valence-corrected chi connectivity index (χ1v) is 11.0. The molecular formula is C29H25NO4. The zero-order chi connectivity index (χ0) is 23.9. The predicted molar refractivity (Wildman–Crippen MR) is 131 cm³/mol. The van der Waals surface area contributed by atoms with Gasteiger partial charge in [-0.2, -0.15) is 0 Å². The van der Waals surface area contributed by atoms with Crippen LogP contribution in [0.3, 0.4) is 0 Å². The van der Waals surface area contributed by atoms with Gasteiger partial charge in [-0.25, -0.2) is 9.59 Å². The number of hydrogen-bond acceptors (Lipinski definition) is 4. The number of fused-ring (bicyclic) bond motifs is 3. The molecule has 1 aliphatic rings. The van der Waals surface area contributed by atoms with E-state index in [0.29, 0.717) is 0 Å². The van der Waals surface area contributed by atoms with Crippen molar-refractivity contribution in [3.8, 4) is 23.5 Å². The number of rotatable bonds is 8. The number of amides is 1. The van der Waals surface area contributed by atoms with Crippen LogP contribution in [0.1, 0.15) is 28.2 Å². The van der Waals surface area contributed by atoms with Gasteiger partial charge in [0.25, 0.3) is 0 Å². The second kappa shape index (κ2) is 10.5. The fourth-order valence-electron chi connectivity index (χ4n) is 4.19. The van der Waals surface area contributed by atoms with Crippen molar-refractivity contribution in [1.29, 1.82) is 0 Å². The van der Waals surface area contributed by atoms with Crippen LogP contribution in [0, 0.1) is 12.3 Å². The highest BCUT2D eigenvalue weighted by Crippen LogP contribution is 2.44. The average molecular weight is 452 g/mol. The third kappa shape index (κ3) is 5.02. The van der Waals surface area contributed by atoms with E-state index in [1.54, 1.807) is 12.1 Å². The lowest BCUT2D eigenvalue weighted by molar-refractivity contribution is -0.144. The van der Waals surface area contributed by atoms with Crippen molar-refractivity contribution in [2.75, 3.05) is 13.2 Å². The maximum atomic E-state index is 12.7. The van der Waals surface area contributed by atoms with E-state index < -0.39 is 18.1 Å². The van der Waals surface area contributed by atoms with Crippen LogP contribution in [0.25, 0.3) is 11.1 Å². The molecule has 0 heterocycles. The van der Waals surface area contributed by atoms with Gasteiger partial charge in [0.05, 0.1) is 0 Å². The van der Waals surface area contributed by atoms with Crippen molar-refractivity contribution in [1.82, 2.24) is 5.32 Å². The Hall–Kier alpha value is -4.30. The standard InChI is InChI=1S/C29H25NO4/c1-3-17-33-28(31)27(18-21-15-13-20(4-2)14-16-21)30-29(32)34-19-26-24-11-7-5-9-22(24)23-10-6-8-12-25(23)26/h2-3,5-16,26-27H,1,17-19H2,(H,30,32)/t27-/m0/s1. The van der Waals surface area contributed by atoms with E-state index >= 15 is 0 Å². The first kappa shape index (κ1) is 22.9. The Labute approximate surface area is 199 Å². The molecule has 5 nitrogen and oxygen atoms in total. The van der Waals surface area contributed by atoms with Crippen molar-refractivity contribution < 1.29 is 19.1 Å². The number of esters is 1. The van der Waals surface area contributed by atoms with Gasteiger partial charge >= 0.3 is 12.1 Å². The zero-order valence-electron chi connectivity index (χ0n) is 18.7. The molecule has 3 aromatic rings. The summed E-state index contributed by atoms with van der Waals surface area (Å²) in [6.07, 6.45) is 6.45. The van der Waals surface area contributed by atoms with Gasteiger partial charge in [-0.05, 0) is 39.9 Å². The van der Waals surface area contributed by atoms with Crippen LogP contribution in [0.5, 0.6) is 0 Å². The molecule has 5 heteroatoms. The van der Waals surface area contributed by atoms with Crippen molar-refractivity contribution in [2.24, 2.45) is 0 Å². The molecule has 1 amide bonds. The van der Waals surface area contributed by atoms with Crippen LogP contribution < -0.4 is 5.32 Å². The van der Waals surface area contributed by atoms with Crippen molar-refractivity contribution in [3.63, 3.8) is 0 Å². The van der Waals surface area contributed by atoms with Gasteiger partial charge in [-0.15, -0.1) is 6.42 Å². The molecule has 34 heavy (non-hydrogen) atoms. The molecule has 0 saturated carbocycles. The monoisotopic (exact) mass is 451 g/mol. The quantitative estimate of drug-likeness (QED) is 0.302. The Morgan fingerprint density at radius 3 is 2.18 bits per heavy atom. The average Bonchev–Trinajstić information content (AvgIpc) is 3.19. The summed E-state index contributed by atoms with van der Waals surface area (Å²) in [5, 5.41) is 2.66. The molecule has 4 rings (SSSR count). The predicted octanol–water partition coefficient (Wildman–Crippen LogP) is 4.85. The van der Waals surface area contributed by atoms with Crippen molar-refractivity contribution in [3.05, 3.63) is 108 Å². The van der Waals surface area contributed by atoms with Gasteiger partial charge in [0.1, 0.15) is 19.3 Å². The van der Waals surface area contributed by atoms with Gasteiger partial charge in [0.2, 0.25) is 0 Å². The highest BCUT2D eigenvalue weighted by Gasteiger charge is 2.30. The van der Waals surface area contributed by atoms with Crippen LogP contribution in [0.4, 0.5) is 4.79 Å². The van der Waals surface area contributed by atoms with E-state index in [0.717, 1.165) is 33.4 Å². The van der Waals surface area contributed by atoms with Crippen LogP contribution in [0.2, 0.25) is 0 Å². The van der Waals surface area contributed by atoms with Crippen molar-refractivity contribution in [2.45, 2.75) is 18.4 Å². The van der Waals surface area contributed by atoms with E-state index in [1.807, 2.05) is 36.4 Å². The smallest absolute Gasteiger partial charge is 0.407 e. The number of benzene rings is 3. The Kier molecular flexibility index (Phi) is 7.10. The lowest BCUT2D eigenvalue weighted by Crippen LogP contribution is -2.44. The summed E-state index contributed by atoms with van der Waals surface area (Å²) in [6.45, 7) is 3.77. The second-order valence-corrected chi connectivity index (χ2v) is 7.99.